The molecule has 2 aliphatic carbocycles. The van der Waals surface area contributed by atoms with Gasteiger partial charge in [0, 0.05) is 31.3 Å². The normalized spacial score (nSPS) is 23.6. The van der Waals surface area contributed by atoms with Crippen molar-refractivity contribution >= 4 is 26.6 Å². The van der Waals surface area contributed by atoms with Crippen LogP contribution < -0.4 is 15.2 Å². The summed E-state index contributed by atoms with van der Waals surface area (Å²) < 4.78 is 35.7. The first-order valence-electron chi connectivity index (χ1n) is 12.4. The largest absolute Gasteiger partial charge is 0.490 e. The minimum absolute atomic E-state index is 0.0628. The van der Waals surface area contributed by atoms with Crippen LogP contribution in [0.5, 0.6) is 5.75 Å². The van der Waals surface area contributed by atoms with E-state index in [9.17, 15) is 13.2 Å². The third kappa shape index (κ3) is 3.83. The van der Waals surface area contributed by atoms with Gasteiger partial charge in [-0.15, -0.1) is 0 Å². The number of para-hydroxylation sites is 1. The molecule has 2 bridgehead atoms. The van der Waals surface area contributed by atoms with E-state index in [2.05, 4.69) is 9.88 Å². The zero-order chi connectivity index (χ0) is 24.3. The van der Waals surface area contributed by atoms with Crippen molar-refractivity contribution in [3.8, 4) is 5.75 Å². The molecule has 3 atom stereocenters. The number of hydrogen-bond donors (Lipinski definition) is 1. The number of anilines is 1. The first-order valence-corrected chi connectivity index (χ1v) is 13.9. The number of nitrogens with zero attached hydrogens (tertiary/aromatic N) is 2. The summed E-state index contributed by atoms with van der Waals surface area (Å²) in [6, 6.07) is 12.8. The van der Waals surface area contributed by atoms with Gasteiger partial charge in [-0.1, -0.05) is 24.6 Å². The summed E-state index contributed by atoms with van der Waals surface area (Å²) in [5.41, 5.74) is 2.92. The van der Waals surface area contributed by atoms with Gasteiger partial charge in [0.15, 0.2) is 0 Å². The van der Waals surface area contributed by atoms with Crippen LogP contribution >= 0.6 is 0 Å². The van der Waals surface area contributed by atoms with Gasteiger partial charge in [-0.05, 0) is 67.2 Å². The van der Waals surface area contributed by atoms with Crippen LogP contribution in [0, 0.1) is 18.8 Å². The van der Waals surface area contributed by atoms with E-state index in [1.54, 1.807) is 16.4 Å². The van der Waals surface area contributed by atoms with Gasteiger partial charge < -0.3 is 14.6 Å². The number of rotatable bonds is 5. The molecule has 184 valence electrons. The van der Waals surface area contributed by atoms with Crippen molar-refractivity contribution in [3.63, 3.8) is 0 Å². The SMILES string of the molecule is Cc1cccc2cc(CN([C@H]3C[C@@H]4CC[C@H]3C4)S(=O)(=O)c3ccc4c(c3)OCCN4C)c(=O)[nH]c12. The minimum Gasteiger partial charge on any atom is -0.490 e. The predicted octanol–water partition coefficient (Wildman–Crippen LogP) is 4.04. The number of sulfonamides is 1. The van der Waals surface area contributed by atoms with Gasteiger partial charge in [0.1, 0.15) is 12.4 Å². The van der Waals surface area contributed by atoms with E-state index in [4.69, 9.17) is 4.74 Å². The first kappa shape index (κ1) is 22.6. The molecule has 0 radical (unpaired) electrons. The van der Waals surface area contributed by atoms with Crippen molar-refractivity contribution < 1.29 is 13.2 Å². The lowest BCUT2D eigenvalue weighted by Crippen LogP contribution is -2.43. The topological polar surface area (TPSA) is 82.7 Å². The van der Waals surface area contributed by atoms with Crippen LogP contribution in [0.25, 0.3) is 10.9 Å². The Labute approximate surface area is 205 Å². The van der Waals surface area contributed by atoms with Crippen molar-refractivity contribution in [2.45, 2.75) is 50.1 Å². The second kappa shape index (κ2) is 8.38. The summed E-state index contributed by atoms with van der Waals surface area (Å²) >= 11 is 0. The molecule has 1 aliphatic heterocycles. The van der Waals surface area contributed by atoms with Crippen molar-refractivity contribution in [1.82, 2.24) is 9.29 Å². The van der Waals surface area contributed by atoms with E-state index < -0.39 is 10.0 Å². The summed E-state index contributed by atoms with van der Waals surface area (Å²) in [6.07, 6.45) is 4.15. The van der Waals surface area contributed by atoms with E-state index >= 15 is 0 Å². The van der Waals surface area contributed by atoms with Crippen LogP contribution in [0.1, 0.15) is 36.8 Å². The number of H-pyrrole nitrogens is 1. The summed E-state index contributed by atoms with van der Waals surface area (Å²) in [7, 11) is -1.88. The molecule has 0 unspecified atom stereocenters. The predicted molar refractivity (Wildman–Crippen MR) is 136 cm³/mol. The molecule has 1 aromatic heterocycles. The maximum Gasteiger partial charge on any atom is 0.252 e. The van der Waals surface area contributed by atoms with Gasteiger partial charge in [-0.2, -0.15) is 4.31 Å². The zero-order valence-electron chi connectivity index (χ0n) is 20.2. The van der Waals surface area contributed by atoms with Gasteiger partial charge in [0.25, 0.3) is 5.56 Å². The Bertz CT molecular complexity index is 1470. The highest BCUT2D eigenvalue weighted by Crippen LogP contribution is 2.48. The Morgan fingerprint density at radius 1 is 1.14 bits per heavy atom. The molecule has 0 spiro atoms. The standard InChI is InChI=1S/C27H31N3O4S/c1-17-4-3-5-20-14-21(27(31)28-26(17)20)16-30(24-13-18-6-7-19(24)12-18)35(32,33)22-8-9-23-25(15-22)34-11-10-29(23)2/h3-5,8-9,14-15,18-19,24H,6-7,10-13,16H2,1-2H3,(H,28,31)/t18-,19+,24+/m1/s1. The van der Waals surface area contributed by atoms with Gasteiger partial charge in [-0.3, -0.25) is 4.79 Å². The third-order valence-electron chi connectivity index (χ3n) is 8.20. The first-order chi connectivity index (χ1) is 16.8. The summed E-state index contributed by atoms with van der Waals surface area (Å²) in [4.78, 5) is 18.4. The Kier molecular flexibility index (Phi) is 5.41. The lowest BCUT2D eigenvalue weighted by molar-refractivity contribution is 0.230. The summed E-state index contributed by atoms with van der Waals surface area (Å²) in [5.74, 6) is 1.50. The zero-order valence-corrected chi connectivity index (χ0v) is 21.0. The van der Waals surface area contributed by atoms with Crippen LogP contribution in [0.4, 0.5) is 5.69 Å². The van der Waals surface area contributed by atoms with Crippen molar-refractivity contribution in [2.75, 3.05) is 25.1 Å². The molecule has 6 rings (SSSR count). The number of aromatic amines is 1. The van der Waals surface area contributed by atoms with Crippen LogP contribution in [0.3, 0.4) is 0 Å². The molecule has 8 heteroatoms. The smallest absolute Gasteiger partial charge is 0.252 e. The summed E-state index contributed by atoms with van der Waals surface area (Å²) in [5, 5.41) is 0.912. The van der Waals surface area contributed by atoms with Crippen LogP contribution in [-0.2, 0) is 16.6 Å². The Morgan fingerprint density at radius 2 is 2.00 bits per heavy atom. The monoisotopic (exact) mass is 493 g/mol. The number of nitrogens with one attached hydrogen (secondary N) is 1. The molecule has 2 fully saturated rings. The van der Waals surface area contributed by atoms with Crippen LogP contribution in [0.2, 0.25) is 0 Å². The number of aromatic nitrogens is 1. The fraction of sp³-hybridized carbons (Fsp3) is 0.444. The van der Waals surface area contributed by atoms with Crippen molar-refractivity contribution in [3.05, 3.63) is 63.9 Å². The van der Waals surface area contributed by atoms with Gasteiger partial charge in [0.05, 0.1) is 22.6 Å². The van der Waals surface area contributed by atoms with Gasteiger partial charge in [-0.25, -0.2) is 8.42 Å². The van der Waals surface area contributed by atoms with Crippen molar-refractivity contribution in [2.24, 2.45) is 11.8 Å². The van der Waals surface area contributed by atoms with Gasteiger partial charge >= 0.3 is 0 Å². The number of pyridine rings is 1. The lowest BCUT2D eigenvalue weighted by Gasteiger charge is -2.34. The number of likely N-dealkylation sites (N-methyl/N-ethyl adjacent to an activating group) is 1. The number of aryl methyl sites for hydroxylation is 1. The summed E-state index contributed by atoms with van der Waals surface area (Å²) in [6.45, 7) is 3.31. The van der Waals surface area contributed by atoms with Crippen molar-refractivity contribution in [1.29, 1.82) is 0 Å². The molecule has 0 amide bonds. The molecule has 1 N–H and O–H groups in total. The molecular weight excluding hydrogens is 462 g/mol. The van der Waals surface area contributed by atoms with E-state index in [1.165, 1.54) is 6.42 Å². The Hall–Kier alpha value is -2.84. The molecule has 3 aliphatic rings. The van der Waals surface area contributed by atoms with E-state index in [0.717, 1.165) is 48.0 Å². The molecule has 0 saturated heterocycles. The maximum atomic E-state index is 14.1. The fourth-order valence-electron chi connectivity index (χ4n) is 6.29. The average molecular weight is 494 g/mol. The van der Waals surface area contributed by atoms with Crippen LogP contribution in [0.15, 0.2) is 52.2 Å². The minimum atomic E-state index is -3.85. The highest BCUT2D eigenvalue weighted by Gasteiger charge is 2.46. The highest BCUT2D eigenvalue weighted by atomic mass is 32.2. The molecular formula is C27H31N3O4S. The second-order valence-electron chi connectivity index (χ2n) is 10.4. The molecule has 2 heterocycles. The highest BCUT2D eigenvalue weighted by molar-refractivity contribution is 7.89. The molecule has 2 aromatic carbocycles. The third-order valence-corrected chi connectivity index (χ3v) is 10.1. The second-order valence-corrected chi connectivity index (χ2v) is 12.2. The average Bonchev–Trinajstić information content (AvgIpc) is 3.47. The number of fused-ring (bicyclic) bond motifs is 4. The quantitative estimate of drug-likeness (QED) is 0.580. The number of hydrogen-bond acceptors (Lipinski definition) is 5. The Balaban J connectivity index is 1.42. The molecule has 35 heavy (non-hydrogen) atoms. The lowest BCUT2D eigenvalue weighted by atomic mass is 9.95. The van der Waals surface area contributed by atoms with Crippen LogP contribution in [-0.4, -0.2) is 43.9 Å². The number of ether oxygens (including phenoxy) is 1. The molecule has 7 nitrogen and oxygen atoms in total. The Morgan fingerprint density at radius 3 is 2.77 bits per heavy atom. The van der Waals surface area contributed by atoms with E-state index in [-0.39, 0.29) is 23.0 Å². The maximum absolute atomic E-state index is 14.1. The fourth-order valence-corrected chi connectivity index (χ4v) is 7.98. The van der Waals surface area contributed by atoms with E-state index in [1.807, 2.05) is 44.3 Å². The van der Waals surface area contributed by atoms with Gasteiger partial charge in [0.2, 0.25) is 10.0 Å². The molecule has 2 saturated carbocycles. The number of benzene rings is 2. The van der Waals surface area contributed by atoms with E-state index in [0.29, 0.717) is 29.8 Å². The molecule has 3 aromatic rings.